The highest BCUT2D eigenvalue weighted by atomic mass is 16.5. The first-order valence-electron chi connectivity index (χ1n) is 5.39. The summed E-state index contributed by atoms with van der Waals surface area (Å²) in [5.74, 6) is 0.699. The van der Waals surface area contributed by atoms with Crippen LogP contribution >= 0.6 is 0 Å². The maximum Gasteiger partial charge on any atom is 0.239 e. The van der Waals surface area contributed by atoms with Gasteiger partial charge in [0.25, 0.3) is 0 Å². The summed E-state index contributed by atoms with van der Waals surface area (Å²) in [5.41, 5.74) is 7.47. The molecule has 1 atom stereocenters. The van der Waals surface area contributed by atoms with Gasteiger partial charge in [-0.25, -0.2) is 0 Å². The molecule has 0 unspecified atom stereocenters. The molecule has 1 heterocycles. The van der Waals surface area contributed by atoms with Crippen molar-refractivity contribution >= 4 is 5.91 Å². The smallest absolute Gasteiger partial charge is 0.239 e. The molecule has 16 heavy (non-hydrogen) atoms. The minimum atomic E-state index is -0.425. The van der Waals surface area contributed by atoms with Gasteiger partial charge >= 0.3 is 0 Å². The van der Waals surface area contributed by atoms with Gasteiger partial charge in [0.05, 0.1) is 18.3 Å². The van der Waals surface area contributed by atoms with Crippen molar-refractivity contribution in [3.63, 3.8) is 0 Å². The lowest BCUT2D eigenvalue weighted by Crippen LogP contribution is -2.41. The first-order valence-corrected chi connectivity index (χ1v) is 5.39. The molecule has 0 aliphatic carbocycles. The molecule has 5 heteroatoms. The Hall–Kier alpha value is -1.36. The molecule has 0 aliphatic heterocycles. The average molecular weight is 225 g/mol. The molecule has 2 N–H and O–H groups in total. The minimum Gasteiger partial charge on any atom is -0.361 e. The van der Waals surface area contributed by atoms with Crippen molar-refractivity contribution in [2.45, 2.75) is 39.8 Å². The number of amides is 1. The van der Waals surface area contributed by atoms with Crippen LogP contribution in [-0.2, 0) is 11.3 Å². The van der Waals surface area contributed by atoms with E-state index < -0.39 is 6.04 Å². The van der Waals surface area contributed by atoms with Gasteiger partial charge in [-0.1, -0.05) is 12.1 Å². The van der Waals surface area contributed by atoms with Gasteiger partial charge in [0.2, 0.25) is 5.91 Å². The number of hydrogen-bond donors (Lipinski definition) is 1. The van der Waals surface area contributed by atoms with Gasteiger partial charge in [-0.3, -0.25) is 4.79 Å². The first-order chi connectivity index (χ1) is 7.47. The number of nitrogens with two attached hydrogens (primary N) is 1. The summed E-state index contributed by atoms with van der Waals surface area (Å²) in [6.45, 7) is 6.09. The molecular formula is C11H19N3O2. The zero-order chi connectivity index (χ0) is 12.3. The maximum absolute atomic E-state index is 11.8. The zero-order valence-electron chi connectivity index (χ0n) is 10.3. The summed E-state index contributed by atoms with van der Waals surface area (Å²) < 4.78 is 5.04. The number of aromatic nitrogens is 1. The molecule has 1 amide bonds. The van der Waals surface area contributed by atoms with Crippen LogP contribution in [0.25, 0.3) is 0 Å². The molecule has 5 nitrogen and oxygen atoms in total. The van der Waals surface area contributed by atoms with Gasteiger partial charge in [-0.2, -0.15) is 0 Å². The zero-order valence-corrected chi connectivity index (χ0v) is 10.3. The lowest BCUT2D eigenvalue weighted by Gasteiger charge is -2.20. The molecule has 0 fully saturated rings. The van der Waals surface area contributed by atoms with Crippen LogP contribution < -0.4 is 5.73 Å². The average Bonchev–Trinajstić information content (AvgIpc) is 2.58. The highest BCUT2D eigenvalue weighted by molar-refractivity contribution is 5.81. The topological polar surface area (TPSA) is 72.4 Å². The van der Waals surface area contributed by atoms with E-state index in [1.165, 1.54) is 0 Å². The van der Waals surface area contributed by atoms with Crippen LogP contribution in [0.3, 0.4) is 0 Å². The highest BCUT2D eigenvalue weighted by Gasteiger charge is 2.19. The van der Waals surface area contributed by atoms with Gasteiger partial charge < -0.3 is 15.2 Å². The summed E-state index contributed by atoms with van der Waals surface area (Å²) in [4.78, 5) is 13.4. The number of carbonyl (C=O) groups excluding carboxylic acids is 1. The lowest BCUT2D eigenvalue weighted by molar-refractivity contribution is -0.131. The maximum atomic E-state index is 11.8. The Kier molecular flexibility index (Phi) is 4.06. The first kappa shape index (κ1) is 12.7. The van der Waals surface area contributed by atoms with Crippen LogP contribution in [0.1, 0.15) is 30.4 Å². The third kappa shape index (κ3) is 2.61. The molecule has 1 aromatic heterocycles. The summed E-state index contributed by atoms with van der Waals surface area (Å²) in [6.07, 6.45) is 0.644. The van der Waals surface area contributed by atoms with E-state index >= 15 is 0 Å². The second-order valence-corrected chi connectivity index (χ2v) is 4.01. The molecule has 0 saturated heterocycles. The molecule has 90 valence electrons. The van der Waals surface area contributed by atoms with E-state index in [-0.39, 0.29) is 5.91 Å². The van der Waals surface area contributed by atoms with Crippen LogP contribution in [0, 0.1) is 13.8 Å². The quantitative estimate of drug-likeness (QED) is 0.829. The van der Waals surface area contributed by atoms with E-state index in [9.17, 15) is 4.79 Å². The third-order valence-electron chi connectivity index (χ3n) is 2.71. The van der Waals surface area contributed by atoms with Gasteiger partial charge in [0.1, 0.15) is 5.76 Å². The van der Waals surface area contributed by atoms with Gasteiger partial charge in [-0.15, -0.1) is 0 Å². The number of carbonyl (C=O) groups is 1. The van der Waals surface area contributed by atoms with Crippen molar-refractivity contribution in [3.8, 4) is 0 Å². The van der Waals surface area contributed by atoms with Gasteiger partial charge in [0.15, 0.2) is 0 Å². The molecule has 0 aliphatic rings. The van der Waals surface area contributed by atoms with E-state index in [0.717, 1.165) is 17.0 Å². The Morgan fingerprint density at radius 1 is 1.56 bits per heavy atom. The van der Waals surface area contributed by atoms with Crippen molar-refractivity contribution in [1.82, 2.24) is 10.1 Å². The predicted octanol–water partition coefficient (Wildman–Crippen LogP) is 0.987. The molecule has 0 aromatic carbocycles. The van der Waals surface area contributed by atoms with Crippen LogP contribution in [0.4, 0.5) is 0 Å². The van der Waals surface area contributed by atoms with E-state index in [0.29, 0.717) is 13.0 Å². The number of aryl methyl sites for hydroxylation is 2. The Morgan fingerprint density at radius 3 is 2.62 bits per heavy atom. The Balaban J connectivity index is 2.71. The second-order valence-electron chi connectivity index (χ2n) is 4.01. The minimum absolute atomic E-state index is 0.0532. The van der Waals surface area contributed by atoms with E-state index in [4.69, 9.17) is 10.3 Å². The lowest BCUT2D eigenvalue weighted by atomic mass is 10.1. The largest absolute Gasteiger partial charge is 0.361 e. The SMILES string of the molecule is CC[C@H](N)C(=O)N(C)Cc1c(C)noc1C. The molecule has 0 bridgehead atoms. The predicted molar refractivity (Wildman–Crippen MR) is 60.7 cm³/mol. The van der Waals surface area contributed by atoms with Crippen molar-refractivity contribution in [2.24, 2.45) is 5.73 Å². The molecular weight excluding hydrogens is 206 g/mol. The Morgan fingerprint density at radius 2 is 2.19 bits per heavy atom. The van der Waals surface area contributed by atoms with Crippen molar-refractivity contribution in [1.29, 1.82) is 0 Å². The van der Waals surface area contributed by atoms with Crippen LogP contribution in [0.5, 0.6) is 0 Å². The number of hydrogen-bond acceptors (Lipinski definition) is 4. The highest BCUT2D eigenvalue weighted by Crippen LogP contribution is 2.14. The molecule has 1 aromatic rings. The Bertz CT molecular complexity index is 354. The summed E-state index contributed by atoms with van der Waals surface area (Å²) in [7, 11) is 1.74. The molecule has 0 saturated carbocycles. The number of likely N-dealkylation sites (N-methyl/N-ethyl adjacent to an activating group) is 1. The van der Waals surface area contributed by atoms with Gasteiger partial charge in [-0.05, 0) is 20.3 Å². The van der Waals surface area contributed by atoms with Crippen LogP contribution in [-0.4, -0.2) is 29.1 Å². The van der Waals surface area contributed by atoms with Crippen LogP contribution in [0.15, 0.2) is 4.52 Å². The Labute approximate surface area is 95.6 Å². The third-order valence-corrected chi connectivity index (χ3v) is 2.71. The van der Waals surface area contributed by atoms with Crippen molar-refractivity contribution < 1.29 is 9.32 Å². The monoisotopic (exact) mass is 225 g/mol. The van der Waals surface area contributed by atoms with E-state index in [2.05, 4.69) is 5.16 Å². The normalized spacial score (nSPS) is 12.6. The number of nitrogens with zero attached hydrogens (tertiary/aromatic N) is 2. The van der Waals surface area contributed by atoms with Crippen molar-refractivity contribution in [2.75, 3.05) is 7.05 Å². The molecule has 1 rings (SSSR count). The standard InChI is InChI=1S/C11H19N3O2/c1-5-10(12)11(15)14(4)6-9-7(2)13-16-8(9)3/h10H,5-6,12H2,1-4H3/t10-/m0/s1. The second kappa shape index (κ2) is 5.12. The summed E-state index contributed by atoms with van der Waals surface area (Å²) in [6, 6.07) is -0.425. The van der Waals surface area contributed by atoms with Gasteiger partial charge in [0, 0.05) is 12.6 Å². The van der Waals surface area contributed by atoms with E-state index in [1.54, 1.807) is 11.9 Å². The number of rotatable bonds is 4. The van der Waals surface area contributed by atoms with E-state index in [1.807, 2.05) is 20.8 Å². The summed E-state index contributed by atoms with van der Waals surface area (Å²) in [5, 5.41) is 3.85. The van der Waals surface area contributed by atoms with Crippen molar-refractivity contribution in [3.05, 3.63) is 17.0 Å². The molecule has 0 radical (unpaired) electrons. The fraction of sp³-hybridized carbons (Fsp3) is 0.636. The summed E-state index contributed by atoms with van der Waals surface area (Å²) >= 11 is 0. The fourth-order valence-electron chi connectivity index (χ4n) is 1.50. The molecule has 0 spiro atoms. The fourth-order valence-corrected chi connectivity index (χ4v) is 1.50. The van der Waals surface area contributed by atoms with Crippen LogP contribution in [0.2, 0.25) is 0 Å².